The van der Waals surface area contributed by atoms with E-state index < -0.39 is 11.8 Å². The maximum atomic E-state index is 13.4. The Morgan fingerprint density at radius 3 is 2.51 bits per heavy atom. The average Bonchev–Trinajstić information content (AvgIpc) is 2.84. The van der Waals surface area contributed by atoms with Crippen LogP contribution in [0.3, 0.4) is 0 Å². The molecule has 1 aliphatic rings. The number of rotatable bonds is 7. The molecule has 8 heteroatoms. The van der Waals surface area contributed by atoms with Crippen LogP contribution in [0, 0.1) is 0 Å². The second-order valence-corrected chi connectivity index (χ2v) is 8.86. The number of ether oxygens (including phenoxy) is 2. The van der Waals surface area contributed by atoms with E-state index in [4.69, 9.17) is 32.7 Å². The van der Waals surface area contributed by atoms with Crippen LogP contribution in [0.1, 0.15) is 23.1 Å². The van der Waals surface area contributed by atoms with Gasteiger partial charge in [0.2, 0.25) is 5.91 Å². The van der Waals surface area contributed by atoms with Gasteiger partial charge in [0.25, 0.3) is 5.91 Å². The number of halogens is 2. The molecule has 0 aliphatic carbocycles. The largest absolute Gasteiger partial charge is 0.497 e. The SMILES string of the molecule is COc1ccc2c(c1)C(c1ccccc1)=C(C(=O)NC(=O)CCOc1ccc(Cl)cc1Cl)N(C)C2. The highest BCUT2D eigenvalue weighted by Gasteiger charge is 2.29. The number of hydrogen-bond acceptors (Lipinski definition) is 5. The Balaban J connectivity index is 1.57. The molecule has 0 aromatic heterocycles. The van der Waals surface area contributed by atoms with Crippen LogP contribution in [-0.2, 0) is 16.1 Å². The molecule has 0 spiro atoms. The fourth-order valence-corrected chi connectivity index (χ4v) is 4.45. The van der Waals surface area contributed by atoms with Crippen LogP contribution in [-0.4, -0.2) is 37.5 Å². The zero-order chi connectivity index (χ0) is 24.9. The molecule has 6 nitrogen and oxygen atoms in total. The summed E-state index contributed by atoms with van der Waals surface area (Å²) in [7, 11) is 3.44. The van der Waals surface area contributed by atoms with Gasteiger partial charge >= 0.3 is 0 Å². The first-order valence-electron chi connectivity index (χ1n) is 11.0. The van der Waals surface area contributed by atoms with Crippen LogP contribution in [0.25, 0.3) is 5.57 Å². The van der Waals surface area contributed by atoms with Gasteiger partial charge < -0.3 is 14.4 Å². The lowest BCUT2D eigenvalue weighted by atomic mass is 9.88. The third kappa shape index (κ3) is 5.61. The number of methoxy groups -OCH3 is 1. The summed E-state index contributed by atoms with van der Waals surface area (Å²) in [5.74, 6) is 0.177. The number of carbonyl (C=O) groups is 2. The molecule has 180 valence electrons. The lowest BCUT2D eigenvalue weighted by Crippen LogP contribution is -2.39. The van der Waals surface area contributed by atoms with Gasteiger partial charge in [0.05, 0.1) is 25.2 Å². The Morgan fingerprint density at radius 2 is 1.80 bits per heavy atom. The third-order valence-corrected chi connectivity index (χ3v) is 6.15. The predicted molar refractivity (Wildman–Crippen MR) is 137 cm³/mol. The molecule has 0 atom stereocenters. The molecule has 4 rings (SSSR count). The number of hydrogen-bond donors (Lipinski definition) is 1. The van der Waals surface area contributed by atoms with E-state index in [9.17, 15) is 9.59 Å². The standard InChI is InChI=1S/C27H24Cl2N2O4/c1-31-16-18-8-10-20(34-2)15-21(18)25(17-6-4-3-5-7-17)26(31)27(33)30-24(32)12-13-35-23-11-9-19(28)14-22(23)29/h3-11,14-15H,12-13,16H2,1-2H3,(H,30,32,33). The molecular formula is C27H24Cl2N2O4. The summed E-state index contributed by atoms with van der Waals surface area (Å²) in [6, 6.07) is 20.3. The van der Waals surface area contributed by atoms with Gasteiger partial charge in [-0.05, 0) is 47.0 Å². The van der Waals surface area contributed by atoms with Gasteiger partial charge in [0.1, 0.15) is 17.2 Å². The van der Waals surface area contributed by atoms with E-state index in [0.717, 1.165) is 22.3 Å². The lowest BCUT2D eigenvalue weighted by molar-refractivity contribution is -0.129. The zero-order valence-corrected chi connectivity index (χ0v) is 20.8. The molecule has 0 fully saturated rings. The molecule has 1 aliphatic heterocycles. The summed E-state index contributed by atoms with van der Waals surface area (Å²) < 4.78 is 11.0. The number of amides is 2. The van der Waals surface area contributed by atoms with E-state index >= 15 is 0 Å². The maximum Gasteiger partial charge on any atom is 0.274 e. The molecule has 0 bridgehead atoms. The van der Waals surface area contributed by atoms with E-state index in [1.165, 1.54) is 0 Å². The monoisotopic (exact) mass is 510 g/mol. The van der Waals surface area contributed by atoms with Crippen LogP contribution in [0.15, 0.2) is 72.4 Å². The number of fused-ring (bicyclic) bond motifs is 1. The molecular weight excluding hydrogens is 487 g/mol. The highest BCUT2D eigenvalue weighted by molar-refractivity contribution is 6.35. The van der Waals surface area contributed by atoms with Crippen molar-refractivity contribution in [3.63, 3.8) is 0 Å². The van der Waals surface area contributed by atoms with Gasteiger partial charge in [0, 0.05) is 24.2 Å². The Hall–Kier alpha value is -3.48. The van der Waals surface area contributed by atoms with Crippen molar-refractivity contribution in [1.82, 2.24) is 10.2 Å². The van der Waals surface area contributed by atoms with Crippen LogP contribution < -0.4 is 14.8 Å². The average molecular weight is 511 g/mol. The van der Waals surface area contributed by atoms with Crippen LogP contribution in [0.5, 0.6) is 11.5 Å². The van der Waals surface area contributed by atoms with Crippen molar-refractivity contribution in [2.24, 2.45) is 0 Å². The summed E-state index contributed by atoms with van der Waals surface area (Å²) in [5.41, 5.74) is 3.97. The Kier molecular flexibility index (Phi) is 7.63. The van der Waals surface area contributed by atoms with Crippen LogP contribution in [0.2, 0.25) is 10.0 Å². The minimum Gasteiger partial charge on any atom is -0.497 e. The molecule has 1 N–H and O–H groups in total. The zero-order valence-electron chi connectivity index (χ0n) is 19.3. The topological polar surface area (TPSA) is 67.9 Å². The van der Waals surface area contributed by atoms with Crippen LogP contribution in [0.4, 0.5) is 0 Å². The van der Waals surface area contributed by atoms with Gasteiger partial charge in [0.15, 0.2) is 0 Å². The molecule has 3 aromatic carbocycles. The first-order chi connectivity index (χ1) is 16.9. The van der Waals surface area contributed by atoms with Crippen molar-refractivity contribution < 1.29 is 19.1 Å². The van der Waals surface area contributed by atoms with Crippen molar-refractivity contribution >= 4 is 40.6 Å². The molecule has 2 amide bonds. The van der Waals surface area contributed by atoms with Gasteiger partial charge in [-0.3, -0.25) is 14.9 Å². The molecule has 0 unspecified atom stereocenters. The van der Waals surface area contributed by atoms with Crippen molar-refractivity contribution in [2.75, 3.05) is 20.8 Å². The van der Waals surface area contributed by atoms with Crippen molar-refractivity contribution in [2.45, 2.75) is 13.0 Å². The first kappa shape index (κ1) is 24.6. The number of nitrogens with zero attached hydrogens (tertiary/aromatic N) is 1. The molecule has 35 heavy (non-hydrogen) atoms. The van der Waals surface area contributed by atoms with Crippen LogP contribution >= 0.6 is 23.2 Å². The highest BCUT2D eigenvalue weighted by Crippen LogP contribution is 2.37. The second kappa shape index (κ2) is 10.8. The summed E-state index contributed by atoms with van der Waals surface area (Å²) in [4.78, 5) is 27.8. The number of imide groups is 1. The van der Waals surface area contributed by atoms with E-state index in [2.05, 4.69) is 5.32 Å². The summed E-state index contributed by atoms with van der Waals surface area (Å²) >= 11 is 12.0. The summed E-state index contributed by atoms with van der Waals surface area (Å²) in [6.07, 6.45) is -0.0211. The molecule has 0 saturated carbocycles. The fourth-order valence-electron chi connectivity index (χ4n) is 3.98. The normalized spacial score (nSPS) is 12.7. The van der Waals surface area contributed by atoms with Gasteiger partial charge in [-0.15, -0.1) is 0 Å². The lowest BCUT2D eigenvalue weighted by Gasteiger charge is -2.32. The van der Waals surface area contributed by atoms with Gasteiger partial charge in [-0.1, -0.05) is 59.6 Å². The Morgan fingerprint density at radius 1 is 1.03 bits per heavy atom. The molecule has 3 aromatic rings. The predicted octanol–water partition coefficient (Wildman–Crippen LogP) is 5.32. The quantitative estimate of drug-likeness (QED) is 0.465. The Bertz CT molecular complexity index is 1290. The number of nitrogens with one attached hydrogen (secondary N) is 1. The highest BCUT2D eigenvalue weighted by atomic mass is 35.5. The summed E-state index contributed by atoms with van der Waals surface area (Å²) in [5, 5.41) is 3.35. The van der Waals surface area contributed by atoms with E-state index in [-0.39, 0.29) is 13.0 Å². The maximum absolute atomic E-state index is 13.4. The molecule has 0 radical (unpaired) electrons. The Labute approximate surface area is 214 Å². The fraction of sp³-hybridized carbons (Fsp3) is 0.185. The second-order valence-electron chi connectivity index (χ2n) is 8.02. The summed E-state index contributed by atoms with van der Waals surface area (Å²) in [6.45, 7) is 0.575. The minimum atomic E-state index is -0.477. The van der Waals surface area contributed by atoms with Crippen molar-refractivity contribution in [3.05, 3.63) is 99.2 Å². The van der Waals surface area contributed by atoms with E-state index in [0.29, 0.717) is 33.8 Å². The smallest absolute Gasteiger partial charge is 0.274 e. The van der Waals surface area contributed by atoms with Crippen molar-refractivity contribution in [1.29, 1.82) is 0 Å². The number of carbonyl (C=O) groups excluding carboxylic acids is 2. The van der Waals surface area contributed by atoms with E-state index in [1.807, 2.05) is 60.5 Å². The number of benzene rings is 3. The third-order valence-electron chi connectivity index (χ3n) is 5.62. The molecule has 1 heterocycles. The van der Waals surface area contributed by atoms with Gasteiger partial charge in [-0.25, -0.2) is 0 Å². The first-order valence-corrected chi connectivity index (χ1v) is 11.7. The van der Waals surface area contributed by atoms with E-state index in [1.54, 1.807) is 25.3 Å². The number of likely N-dealkylation sites (N-methyl/N-ethyl adjacent to an activating group) is 1. The van der Waals surface area contributed by atoms with Gasteiger partial charge in [-0.2, -0.15) is 0 Å². The van der Waals surface area contributed by atoms with Crippen molar-refractivity contribution in [3.8, 4) is 11.5 Å². The molecule has 0 saturated heterocycles. The minimum absolute atomic E-state index is 0.0211.